The van der Waals surface area contributed by atoms with Crippen LogP contribution in [0.15, 0.2) is 18.2 Å². The van der Waals surface area contributed by atoms with Gasteiger partial charge in [0, 0.05) is 31.2 Å². The van der Waals surface area contributed by atoms with Gasteiger partial charge in [0.05, 0.1) is 18.2 Å². The number of hydrogen-bond donors (Lipinski definition) is 2. The number of nitrogens with one attached hydrogen (secondary N) is 1. The van der Waals surface area contributed by atoms with Crippen LogP contribution in [0, 0.1) is 11.3 Å². The molecule has 3 aliphatic heterocycles. The number of ether oxygens (including phenoxy) is 1. The summed E-state index contributed by atoms with van der Waals surface area (Å²) in [6.07, 6.45) is 2.85. The number of carbonyl (C=O) groups is 4. The van der Waals surface area contributed by atoms with Crippen molar-refractivity contribution in [3.05, 3.63) is 34.9 Å². The number of likely N-dealkylation sites (tertiary alicyclic amines) is 3. The SMILES string of the molecule is CC(C)(C)OC(=O)NC(CN1C[C@@H]2CC1C(=O)N2[C@H]1CCc2cc(C(N)=O)ccc21)C(=O)N1CCCC1C#N. The average Bonchev–Trinajstić information content (AvgIpc) is 3.64. The van der Waals surface area contributed by atoms with Gasteiger partial charge in [-0.2, -0.15) is 5.26 Å². The third-order valence-corrected chi connectivity index (χ3v) is 8.21. The highest BCUT2D eigenvalue weighted by Crippen LogP contribution is 2.44. The van der Waals surface area contributed by atoms with Gasteiger partial charge in [-0.15, -0.1) is 0 Å². The Labute approximate surface area is 228 Å². The van der Waals surface area contributed by atoms with Gasteiger partial charge in [-0.3, -0.25) is 19.3 Å². The van der Waals surface area contributed by atoms with Gasteiger partial charge in [0.15, 0.2) is 0 Å². The van der Waals surface area contributed by atoms with Gasteiger partial charge < -0.3 is 25.6 Å². The third kappa shape index (κ3) is 5.17. The lowest BCUT2D eigenvalue weighted by Gasteiger charge is -2.39. The van der Waals surface area contributed by atoms with Gasteiger partial charge in [0.2, 0.25) is 17.7 Å². The molecule has 0 aromatic heterocycles. The fourth-order valence-electron chi connectivity index (χ4n) is 6.57. The Morgan fingerprint density at radius 2 is 2.00 bits per heavy atom. The maximum absolute atomic E-state index is 13.6. The number of benzene rings is 1. The molecule has 0 spiro atoms. The van der Waals surface area contributed by atoms with Crippen molar-refractivity contribution in [1.82, 2.24) is 20.0 Å². The number of nitrogens with zero attached hydrogens (tertiary/aromatic N) is 4. The molecule has 5 rings (SSSR count). The molecule has 3 heterocycles. The van der Waals surface area contributed by atoms with Crippen molar-refractivity contribution in [2.75, 3.05) is 19.6 Å². The normalized spacial score (nSPS) is 26.9. The maximum Gasteiger partial charge on any atom is 0.408 e. The standard InChI is InChI=1S/C28H36N6O5/c1-28(2,3)39-27(38)31-21(25(36)33-10-4-5-18(33)13-29)15-32-14-19-12-23(32)26(37)34(19)22-9-7-16-11-17(24(30)35)6-8-20(16)22/h6,8,11,18-19,21-23H,4-5,7,9-10,12,14-15H2,1-3H3,(H2,30,35)(H,31,38)/t18?,19-,21?,22-,23?/m0/s1. The summed E-state index contributed by atoms with van der Waals surface area (Å²) in [5.74, 6) is -0.776. The maximum atomic E-state index is 13.6. The van der Waals surface area contributed by atoms with Crippen LogP contribution < -0.4 is 11.1 Å². The molecule has 3 fully saturated rings. The van der Waals surface area contributed by atoms with Crippen LogP contribution in [0.1, 0.15) is 74.0 Å². The number of primary amides is 1. The Bertz CT molecular complexity index is 1240. The molecule has 1 aromatic rings. The van der Waals surface area contributed by atoms with Crippen LogP contribution in [0.3, 0.4) is 0 Å². The van der Waals surface area contributed by atoms with Crippen molar-refractivity contribution in [2.24, 2.45) is 5.73 Å². The number of alkyl carbamates (subject to hydrolysis) is 1. The summed E-state index contributed by atoms with van der Waals surface area (Å²) in [6.45, 7) is 6.45. The van der Waals surface area contributed by atoms with Crippen molar-refractivity contribution >= 4 is 23.8 Å². The third-order valence-electron chi connectivity index (χ3n) is 8.21. The zero-order valence-electron chi connectivity index (χ0n) is 22.7. The number of piperazine rings is 1. The number of nitriles is 1. The first kappa shape index (κ1) is 26.9. The van der Waals surface area contributed by atoms with E-state index in [4.69, 9.17) is 10.5 Å². The van der Waals surface area contributed by atoms with Crippen molar-refractivity contribution in [3.8, 4) is 6.07 Å². The number of rotatable bonds is 6. The zero-order chi connectivity index (χ0) is 28.1. The smallest absolute Gasteiger partial charge is 0.408 e. The van der Waals surface area contributed by atoms with Gasteiger partial charge in [0.1, 0.15) is 17.7 Å². The molecule has 1 aliphatic carbocycles. The summed E-state index contributed by atoms with van der Waals surface area (Å²) in [5.41, 5.74) is 7.29. The lowest BCUT2D eigenvalue weighted by molar-refractivity contribution is -0.141. The van der Waals surface area contributed by atoms with E-state index in [1.165, 1.54) is 4.90 Å². The van der Waals surface area contributed by atoms with E-state index in [0.717, 1.165) is 30.4 Å². The van der Waals surface area contributed by atoms with E-state index in [1.807, 2.05) is 21.9 Å². The molecule has 2 bridgehead atoms. The Hall–Kier alpha value is -3.65. The minimum absolute atomic E-state index is 0.00908. The number of aryl methyl sites for hydroxylation is 1. The molecule has 3 saturated heterocycles. The molecule has 0 radical (unpaired) electrons. The molecule has 11 heteroatoms. The Morgan fingerprint density at radius 3 is 2.67 bits per heavy atom. The largest absolute Gasteiger partial charge is 0.444 e. The molecule has 39 heavy (non-hydrogen) atoms. The second-order valence-corrected chi connectivity index (χ2v) is 12.0. The summed E-state index contributed by atoms with van der Waals surface area (Å²) in [6, 6.07) is 5.74. The van der Waals surface area contributed by atoms with Crippen molar-refractivity contribution in [3.63, 3.8) is 0 Å². The van der Waals surface area contributed by atoms with E-state index in [0.29, 0.717) is 31.5 Å². The van der Waals surface area contributed by atoms with Gasteiger partial charge in [-0.05, 0) is 76.1 Å². The molecule has 5 atom stereocenters. The van der Waals surface area contributed by atoms with Crippen molar-refractivity contribution in [1.29, 1.82) is 5.26 Å². The first-order valence-corrected chi connectivity index (χ1v) is 13.7. The lowest BCUT2D eigenvalue weighted by atomic mass is 10.0. The molecule has 4 aliphatic rings. The molecule has 3 N–H and O–H groups in total. The summed E-state index contributed by atoms with van der Waals surface area (Å²) in [7, 11) is 0. The lowest BCUT2D eigenvalue weighted by Crippen LogP contribution is -2.59. The average molecular weight is 537 g/mol. The van der Waals surface area contributed by atoms with Crippen molar-refractivity contribution < 1.29 is 23.9 Å². The summed E-state index contributed by atoms with van der Waals surface area (Å²) in [4.78, 5) is 56.9. The second-order valence-electron chi connectivity index (χ2n) is 12.0. The summed E-state index contributed by atoms with van der Waals surface area (Å²) < 4.78 is 5.41. The minimum Gasteiger partial charge on any atom is -0.444 e. The predicted molar refractivity (Wildman–Crippen MR) is 140 cm³/mol. The van der Waals surface area contributed by atoms with E-state index in [2.05, 4.69) is 11.4 Å². The molecule has 11 nitrogen and oxygen atoms in total. The highest BCUT2D eigenvalue weighted by Gasteiger charge is 2.53. The molecular formula is C28H36N6O5. The molecule has 1 aromatic carbocycles. The van der Waals surface area contributed by atoms with Crippen LogP contribution in [-0.2, 0) is 20.7 Å². The summed E-state index contributed by atoms with van der Waals surface area (Å²) in [5, 5.41) is 12.2. The molecule has 4 amide bonds. The predicted octanol–water partition coefficient (Wildman–Crippen LogP) is 1.47. The number of carbonyl (C=O) groups excluding carboxylic acids is 4. The van der Waals surface area contributed by atoms with E-state index in [-0.39, 0.29) is 36.5 Å². The highest BCUT2D eigenvalue weighted by atomic mass is 16.6. The van der Waals surface area contributed by atoms with Crippen LogP contribution in [0.4, 0.5) is 4.79 Å². The van der Waals surface area contributed by atoms with Gasteiger partial charge in [-0.1, -0.05) is 6.07 Å². The molecular weight excluding hydrogens is 500 g/mol. The van der Waals surface area contributed by atoms with Crippen LogP contribution >= 0.6 is 0 Å². The van der Waals surface area contributed by atoms with Crippen LogP contribution in [0.25, 0.3) is 0 Å². The van der Waals surface area contributed by atoms with Crippen LogP contribution in [-0.4, -0.2) is 87.9 Å². The first-order valence-electron chi connectivity index (χ1n) is 13.7. The Kier molecular flexibility index (Phi) is 7.01. The molecule has 208 valence electrons. The van der Waals surface area contributed by atoms with E-state index < -0.39 is 29.7 Å². The quantitative estimate of drug-likeness (QED) is 0.559. The fourth-order valence-corrected chi connectivity index (χ4v) is 6.57. The van der Waals surface area contributed by atoms with Crippen LogP contribution in [0.2, 0.25) is 0 Å². The minimum atomic E-state index is -0.936. The summed E-state index contributed by atoms with van der Waals surface area (Å²) >= 11 is 0. The van der Waals surface area contributed by atoms with Crippen LogP contribution in [0.5, 0.6) is 0 Å². The van der Waals surface area contributed by atoms with Gasteiger partial charge in [0.25, 0.3) is 0 Å². The zero-order valence-corrected chi connectivity index (χ0v) is 22.7. The van der Waals surface area contributed by atoms with E-state index in [1.54, 1.807) is 26.8 Å². The van der Waals surface area contributed by atoms with Gasteiger partial charge >= 0.3 is 6.09 Å². The first-order chi connectivity index (χ1) is 18.5. The second kappa shape index (κ2) is 10.2. The highest BCUT2D eigenvalue weighted by molar-refractivity contribution is 5.93. The topological polar surface area (TPSA) is 149 Å². The number of amides is 4. The molecule has 0 saturated carbocycles. The van der Waals surface area contributed by atoms with Crippen molar-refractivity contribution in [2.45, 2.75) is 88.7 Å². The molecule has 3 unspecified atom stereocenters. The van der Waals surface area contributed by atoms with E-state index >= 15 is 0 Å². The fraction of sp³-hybridized carbons (Fsp3) is 0.607. The Morgan fingerprint density at radius 1 is 1.23 bits per heavy atom. The number of hydrogen-bond acceptors (Lipinski definition) is 7. The number of fused-ring (bicyclic) bond motifs is 3. The Balaban J connectivity index is 1.30. The monoisotopic (exact) mass is 536 g/mol. The van der Waals surface area contributed by atoms with Gasteiger partial charge in [-0.25, -0.2) is 4.79 Å². The van der Waals surface area contributed by atoms with E-state index in [9.17, 15) is 24.4 Å². The number of nitrogens with two attached hydrogens (primary N) is 1.